The summed E-state index contributed by atoms with van der Waals surface area (Å²) in [6, 6.07) is 17.5. The van der Waals surface area contributed by atoms with E-state index in [1.54, 1.807) is 37.4 Å². The van der Waals surface area contributed by atoms with Gasteiger partial charge >= 0.3 is 6.18 Å². The standard InChI is InChI=1S/C29H31F3N4O3/c1-34-26(37)21-7-3-6-20(15-21)19-5-2-4-18(14-19)17-28(39,22-10-12-35-13-11-22)27(38)36-23-8-9-25(33)24(16-23)29(30,31)32/h2-9,14-16,22,35,39H,10-13,17,33H2,1H3,(H,34,37)(H,36,38). The topological polar surface area (TPSA) is 116 Å². The van der Waals surface area contributed by atoms with Crippen molar-refractivity contribution in [2.75, 3.05) is 31.2 Å². The van der Waals surface area contributed by atoms with Crippen LogP contribution in [-0.4, -0.2) is 42.7 Å². The number of hydrogen-bond acceptors (Lipinski definition) is 5. The van der Waals surface area contributed by atoms with E-state index < -0.39 is 34.9 Å². The third-order valence-electron chi connectivity index (χ3n) is 7.11. The van der Waals surface area contributed by atoms with Crippen LogP contribution < -0.4 is 21.7 Å². The normalized spacial score (nSPS) is 15.8. The SMILES string of the molecule is CNC(=O)c1cccc(-c2cccc(CC(O)(C(=O)Nc3ccc(N)c(C(F)(F)F)c3)C3CCNCC3)c2)c1. The average molecular weight is 541 g/mol. The van der Waals surface area contributed by atoms with Gasteiger partial charge in [0.15, 0.2) is 0 Å². The fraction of sp³-hybridized carbons (Fsp3) is 0.310. The van der Waals surface area contributed by atoms with Crippen LogP contribution in [0.15, 0.2) is 66.7 Å². The van der Waals surface area contributed by atoms with Gasteiger partial charge in [-0.05, 0) is 78.9 Å². The number of hydrogen-bond donors (Lipinski definition) is 5. The molecule has 0 spiro atoms. The van der Waals surface area contributed by atoms with Gasteiger partial charge in [-0.2, -0.15) is 13.2 Å². The zero-order valence-corrected chi connectivity index (χ0v) is 21.4. The Morgan fingerprint density at radius 1 is 1.00 bits per heavy atom. The Morgan fingerprint density at radius 3 is 2.33 bits per heavy atom. The van der Waals surface area contributed by atoms with Crippen LogP contribution in [0.2, 0.25) is 0 Å². The molecule has 4 rings (SSSR count). The van der Waals surface area contributed by atoms with Crippen LogP contribution in [-0.2, 0) is 17.4 Å². The number of halogens is 3. The van der Waals surface area contributed by atoms with Crippen molar-refractivity contribution in [3.05, 3.63) is 83.4 Å². The Balaban J connectivity index is 1.65. The van der Waals surface area contributed by atoms with Crippen molar-refractivity contribution in [2.24, 2.45) is 5.92 Å². The van der Waals surface area contributed by atoms with Crippen molar-refractivity contribution in [3.8, 4) is 11.1 Å². The van der Waals surface area contributed by atoms with E-state index in [0.29, 0.717) is 37.1 Å². The second kappa shape index (κ2) is 11.5. The quantitative estimate of drug-likeness (QED) is 0.288. The van der Waals surface area contributed by atoms with Crippen LogP contribution in [0.1, 0.15) is 34.3 Å². The number of aliphatic hydroxyl groups is 1. The Hall–Kier alpha value is -3.89. The second-order valence-electron chi connectivity index (χ2n) is 9.74. The monoisotopic (exact) mass is 540 g/mol. The van der Waals surface area contributed by atoms with Gasteiger partial charge in [0.05, 0.1) is 5.56 Å². The summed E-state index contributed by atoms with van der Waals surface area (Å²) in [4.78, 5) is 25.6. The molecule has 0 radical (unpaired) electrons. The highest BCUT2D eigenvalue weighted by molar-refractivity contribution is 5.98. The molecule has 0 bridgehead atoms. The lowest BCUT2D eigenvalue weighted by molar-refractivity contribution is -0.141. The first kappa shape index (κ1) is 28.1. The molecule has 1 heterocycles. The summed E-state index contributed by atoms with van der Waals surface area (Å²) >= 11 is 0. The minimum atomic E-state index is -4.69. The molecule has 1 saturated heterocycles. The molecule has 1 atom stereocenters. The zero-order valence-electron chi connectivity index (χ0n) is 21.4. The van der Waals surface area contributed by atoms with Gasteiger partial charge in [0, 0.05) is 30.4 Å². The van der Waals surface area contributed by atoms with Crippen LogP contribution in [0.5, 0.6) is 0 Å². The molecule has 0 saturated carbocycles. The number of carbonyl (C=O) groups is 2. The van der Waals surface area contributed by atoms with Gasteiger partial charge in [0.2, 0.25) is 0 Å². The van der Waals surface area contributed by atoms with E-state index in [1.807, 2.05) is 18.2 Å². The first-order chi connectivity index (χ1) is 18.5. The summed E-state index contributed by atoms with van der Waals surface area (Å²) in [5.41, 5.74) is 4.74. The molecule has 3 aromatic carbocycles. The van der Waals surface area contributed by atoms with E-state index >= 15 is 0 Å². The Morgan fingerprint density at radius 2 is 1.67 bits per heavy atom. The molecule has 7 nitrogen and oxygen atoms in total. The Bertz CT molecular complexity index is 1360. The van der Waals surface area contributed by atoms with E-state index in [2.05, 4.69) is 16.0 Å². The summed E-state index contributed by atoms with van der Waals surface area (Å²) in [5.74, 6) is -1.42. The molecular formula is C29H31F3N4O3. The summed E-state index contributed by atoms with van der Waals surface area (Å²) in [6.07, 6.45) is -3.69. The van der Waals surface area contributed by atoms with Gasteiger partial charge in [-0.1, -0.05) is 36.4 Å². The van der Waals surface area contributed by atoms with Crippen molar-refractivity contribution < 1.29 is 27.9 Å². The molecule has 1 fully saturated rings. The Kier molecular flexibility index (Phi) is 8.27. The Labute approximate surface area is 224 Å². The second-order valence-corrected chi connectivity index (χ2v) is 9.74. The number of piperidine rings is 1. The van der Waals surface area contributed by atoms with Crippen LogP contribution in [0.25, 0.3) is 11.1 Å². The summed E-state index contributed by atoms with van der Waals surface area (Å²) in [5, 5.41) is 20.2. The van der Waals surface area contributed by atoms with E-state index in [4.69, 9.17) is 5.73 Å². The number of nitrogens with one attached hydrogen (secondary N) is 3. The minimum absolute atomic E-state index is 0.0480. The summed E-state index contributed by atoms with van der Waals surface area (Å²) in [6.45, 7) is 1.21. The van der Waals surface area contributed by atoms with Crippen molar-refractivity contribution >= 4 is 23.2 Å². The molecule has 3 aromatic rings. The molecule has 1 aliphatic rings. The van der Waals surface area contributed by atoms with Crippen molar-refractivity contribution in [1.82, 2.24) is 10.6 Å². The van der Waals surface area contributed by atoms with Crippen molar-refractivity contribution in [2.45, 2.75) is 31.0 Å². The molecule has 10 heteroatoms. The predicted octanol–water partition coefficient (Wildman–Crippen LogP) is 4.23. The fourth-order valence-electron chi connectivity index (χ4n) is 4.98. The van der Waals surface area contributed by atoms with E-state index in [-0.39, 0.29) is 18.0 Å². The lowest BCUT2D eigenvalue weighted by Gasteiger charge is -2.37. The van der Waals surface area contributed by atoms with E-state index in [1.165, 1.54) is 6.07 Å². The largest absolute Gasteiger partial charge is 0.418 e. The summed E-state index contributed by atoms with van der Waals surface area (Å²) in [7, 11) is 1.55. The highest BCUT2D eigenvalue weighted by Gasteiger charge is 2.44. The van der Waals surface area contributed by atoms with Gasteiger partial charge in [0.25, 0.3) is 11.8 Å². The first-order valence-corrected chi connectivity index (χ1v) is 12.6. The lowest BCUT2D eigenvalue weighted by atomic mass is 9.76. The molecule has 2 amide bonds. The number of amides is 2. The number of benzene rings is 3. The van der Waals surface area contributed by atoms with Gasteiger partial charge in [0.1, 0.15) is 5.60 Å². The molecule has 6 N–H and O–H groups in total. The third-order valence-corrected chi connectivity index (χ3v) is 7.11. The third kappa shape index (κ3) is 6.40. The summed E-state index contributed by atoms with van der Waals surface area (Å²) < 4.78 is 40.1. The van der Waals surface area contributed by atoms with Crippen LogP contribution >= 0.6 is 0 Å². The molecule has 1 aliphatic heterocycles. The molecular weight excluding hydrogens is 509 g/mol. The van der Waals surface area contributed by atoms with E-state index in [0.717, 1.165) is 23.3 Å². The van der Waals surface area contributed by atoms with Crippen LogP contribution in [0.3, 0.4) is 0 Å². The van der Waals surface area contributed by atoms with Gasteiger partial charge < -0.3 is 26.8 Å². The average Bonchev–Trinajstić information content (AvgIpc) is 2.93. The fourth-order valence-corrected chi connectivity index (χ4v) is 4.98. The van der Waals surface area contributed by atoms with Gasteiger partial charge in [-0.15, -0.1) is 0 Å². The predicted molar refractivity (Wildman–Crippen MR) is 144 cm³/mol. The zero-order chi connectivity index (χ0) is 28.2. The maximum atomic E-state index is 13.6. The first-order valence-electron chi connectivity index (χ1n) is 12.6. The maximum absolute atomic E-state index is 13.6. The van der Waals surface area contributed by atoms with Gasteiger partial charge in [-0.3, -0.25) is 9.59 Å². The number of nitrogens with two attached hydrogens (primary N) is 1. The molecule has 1 unspecified atom stereocenters. The minimum Gasteiger partial charge on any atom is -0.398 e. The smallest absolute Gasteiger partial charge is 0.398 e. The molecule has 39 heavy (non-hydrogen) atoms. The van der Waals surface area contributed by atoms with E-state index in [9.17, 15) is 27.9 Å². The molecule has 0 aromatic heterocycles. The lowest BCUT2D eigenvalue weighted by Crippen LogP contribution is -2.53. The highest BCUT2D eigenvalue weighted by Crippen LogP contribution is 2.36. The van der Waals surface area contributed by atoms with Crippen molar-refractivity contribution in [1.29, 1.82) is 0 Å². The van der Waals surface area contributed by atoms with Gasteiger partial charge in [-0.25, -0.2) is 0 Å². The highest BCUT2D eigenvalue weighted by atomic mass is 19.4. The molecule has 0 aliphatic carbocycles. The number of anilines is 2. The number of rotatable bonds is 7. The van der Waals surface area contributed by atoms with Crippen LogP contribution in [0.4, 0.5) is 24.5 Å². The number of nitrogen functional groups attached to an aromatic ring is 1. The number of alkyl halides is 3. The number of carbonyl (C=O) groups excluding carboxylic acids is 2. The molecule has 206 valence electrons. The van der Waals surface area contributed by atoms with Crippen molar-refractivity contribution in [3.63, 3.8) is 0 Å². The van der Waals surface area contributed by atoms with Crippen LogP contribution in [0, 0.1) is 5.92 Å². The maximum Gasteiger partial charge on any atom is 0.418 e.